The number of aliphatic hydroxyl groups is 1. The average molecular weight is 183 g/mol. The Kier molecular flexibility index (Phi) is 3.96. The van der Waals surface area contributed by atoms with Crippen LogP contribution in [0.5, 0.6) is 0 Å². The third kappa shape index (κ3) is 3.19. The molecule has 2 N–H and O–H groups in total. The zero-order chi connectivity index (χ0) is 9.68. The molecule has 1 aliphatic carbocycles. The van der Waals surface area contributed by atoms with Crippen molar-refractivity contribution in [3.8, 4) is 0 Å². The highest BCUT2D eigenvalue weighted by Gasteiger charge is 2.24. The molecule has 1 rings (SSSR count). The lowest BCUT2D eigenvalue weighted by molar-refractivity contribution is -0.116. The largest absolute Gasteiger partial charge is 0.393 e. The zero-order valence-electron chi connectivity index (χ0n) is 7.99. The van der Waals surface area contributed by atoms with E-state index in [-0.39, 0.29) is 17.9 Å². The third-order valence-electron chi connectivity index (χ3n) is 2.48. The Hall–Kier alpha value is -0.830. The van der Waals surface area contributed by atoms with Crippen LogP contribution in [0, 0.1) is 5.92 Å². The molecule has 0 spiro atoms. The van der Waals surface area contributed by atoms with Crippen LogP contribution in [-0.2, 0) is 4.79 Å². The van der Waals surface area contributed by atoms with Crippen LogP contribution in [0.3, 0.4) is 0 Å². The maximum Gasteiger partial charge on any atom is 0.243 e. The smallest absolute Gasteiger partial charge is 0.243 e. The summed E-state index contributed by atoms with van der Waals surface area (Å²) in [6.07, 6.45) is 5.97. The number of carbonyl (C=O) groups is 1. The third-order valence-corrected chi connectivity index (χ3v) is 2.48. The molecule has 0 heterocycles. The van der Waals surface area contributed by atoms with Crippen molar-refractivity contribution in [2.75, 3.05) is 6.54 Å². The van der Waals surface area contributed by atoms with Crippen LogP contribution in [0.15, 0.2) is 12.2 Å². The van der Waals surface area contributed by atoms with Crippen molar-refractivity contribution < 1.29 is 9.90 Å². The molecule has 1 amide bonds. The predicted octanol–water partition coefficient (Wildman–Crippen LogP) is 0.840. The van der Waals surface area contributed by atoms with Crippen molar-refractivity contribution in [3.05, 3.63) is 12.2 Å². The molecule has 2 atom stereocenters. The fourth-order valence-corrected chi connectivity index (χ4v) is 1.70. The van der Waals surface area contributed by atoms with E-state index in [4.69, 9.17) is 0 Å². The van der Waals surface area contributed by atoms with Gasteiger partial charge in [-0.3, -0.25) is 4.79 Å². The van der Waals surface area contributed by atoms with Crippen LogP contribution < -0.4 is 5.32 Å². The SMILES string of the molecule is CC=CC(=O)NCC1CCCC1O. The molecular weight excluding hydrogens is 166 g/mol. The molecule has 0 radical (unpaired) electrons. The van der Waals surface area contributed by atoms with Crippen LogP contribution in [0.4, 0.5) is 0 Å². The second-order valence-electron chi connectivity index (χ2n) is 3.50. The monoisotopic (exact) mass is 183 g/mol. The molecule has 1 aliphatic rings. The first-order chi connectivity index (χ1) is 6.24. The van der Waals surface area contributed by atoms with E-state index < -0.39 is 0 Å². The Morgan fingerprint density at radius 3 is 2.92 bits per heavy atom. The summed E-state index contributed by atoms with van der Waals surface area (Å²) in [7, 11) is 0. The molecule has 0 saturated heterocycles. The van der Waals surface area contributed by atoms with Crippen molar-refractivity contribution in [2.24, 2.45) is 5.92 Å². The molecule has 1 saturated carbocycles. The van der Waals surface area contributed by atoms with Crippen LogP contribution in [0.1, 0.15) is 26.2 Å². The Labute approximate surface area is 78.8 Å². The Morgan fingerprint density at radius 1 is 1.62 bits per heavy atom. The van der Waals surface area contributed by atoms with Crippen molar-refractivity contribution >= 4 is 5.91 Å². The van der Waals surface area contributed by atoms with Crippen LogP contribution in [0.25, 0.3) is 0 Å². The van der Waals surface area contributed by atoms with Gasteiger partial charge in [0.05, 0.1) is 6.10 Å². The second-order valence-corrected chi connectivity index (χ2v) is 3.50. The maximum absolute atomic E-state index is 11.0. The summed E-state index contributed by atoms with van der Waals surface area (Å²) >= 11 is 0. The number of nitrogens with one attached hydrogen (secondary N) is 1. The molecule has 0 aliphatic heterocycles. The van der Waals surface area contributed by atoms with Gasteiger partial charge < -0.3 is 10.4 Å². The van der Waals surface area contributed by atoms with E-state index in [2.05, 4.69) is 5.32 Å². The number of carbonyl (C=O) groups excluding carboxylic acids is 1. The molecule has 0 aromatic rings. The Morgan fingerprint density at radius 2 is 2.38 bits per heavy atom. The summed E-state index contributed by atoms with van der Waals surface area (Å²) in [5, 5.41) is 12.2. The van der Waals surface area contributed by atoms with E-state index in [0.717, 1.165) is 19.3 Å². The molecular formula is C10H17NO2. The van der Waals surface area contributed by atoms with Gasteiger partial charge in [-0.05, 0) is 25.8 Å². The van der Waals surface area contributed by atoms with E-state index in [9.17, 15) is 9.90 Å². The number of allylic oxidation sites excluding steroid dienone is 1. The molecule has 1 fully saturated rings. The number of aliphatic hydroxyl groups excluding tert-OH is 1. The van der Waals surface area contributed by atoms with E-state index in [1.807, 2.05) is 6.92 Å². The minimum Gasteiger partial charge on any atom is -0.393 e. The molecule has 3 heteroatoms. The highest BCUT2D eigenvalue weighted by atomic mass is 16.3. The van der Waals surface area contributed by atoms with Gasteiger partial charge in [-0.2, -0.15) is 0 Å². The summed E-state index contributed by atoms with van der Waals surface area (Å²) < 4.78 is 0. The Balaban J connectivity index is 2.22. The van der Waals surface area contributed by atoms with Crippen molar-refractivity contribution in [1.82, 2.24) is 5.32 Å². The first-order valence-electron chi connectivity index (χ1n) is 4.82. The minimum absolute atomic E-state index is 0.0680. The van der Waals surface area contributed by atoms with Gasteiger partial charge in [0, 0.05) is 12.5 Å². The highest BCUT2D eigenvalue weighted by Crippen LogP contribution is 2.24. The molecule has 2 unspecified atom stereocenters. The van der Waals surface area contributed by atoms with E-state index in [0.29, 0.717) is 6.54 Å². The summed E-state index contributed by atoms with van der Waals surface area (Å²) in [6.45, 7) is 2.41. The molecule has 13 heavy (non-hydrogen) atoms. The number of rotatable bonds is 3. The van der Waals surface area contributed by atoms with Crippen LogP contribution >= 0.6 is 0 Å². The standard InChI is InChI=1S/C10H17NO2/c1-2-4-10(13)11-7-8-5-3-6-9(8)12/h2,4,8-9,12H,3,5-7H2,1H3,(H,11,13). The van der Waals surface area contributed by atoms with Gasteiger partial charge in [-0.1, -0.05) is 12.5 Å². The van der Waals surface area contributed by atoms with Gasteiger partial charge >= 0.3 is 0 Å². The normalized spacial score (nSPS) is 28.2. The summed E-state index contributed by atoms with van der Waals surface area (Å²) in [6, 6.07) is 0. The van der Waals surface area contributed by atoms with Crippen LogP contribution in [0.2, 0.25) is 0 Å². The molecule has 0 bridgehead atoms. The first kappa shape index (κ1) is 10.3. The van der Waals surface area contributed by atoms with Crippen LogP contribution in [-0.4, -0.2) is 23.7 Å². The minimum atomic E-state index is -0.217. The van der Waals surface area contributed by atoms with Crippen molar-refractivity contribution in [2.45, 2.75) is 32.3 Å². The maximum atomic E-state index is 11.0. The van der Waals surface area contributed by atoms with Gasteiger partial charge in [-0.25, -0.2) is 0 Å². The van der Waals surface area contributed by atoms with E-state index in [1.165, 1.54) is 6.08 Å². The number of amides is 1. The summed E-state index contributed by atoms with van der Waals surface area (Å²) in [5.74, 6) is 0.191. The zero-order valence-corrected chi connectivity index (χ0v) is 7.99. The van der Waals surface area contributed by atoms with Crippen molar-refractivity contribution in [1.29, 1.82) is 0 Å². The lowest BCUT2D eigenvalue weighted by Crippen LogP contribution is -2.31. The highest BCUT2D eigenvalue weighted by molar-refractivity contribution is 5.87. The Bertz CT molecular complexity index is 201. The molecule has 0 aromatic carbocycles. The predicted molar refractivity (Wildman–Crippen MR) is 51.2 cm³/mol. The quantitative estimate of drug-likeness (QED) is 0.637. The molecule has 74 valence electrons. The second kappa shape index (κ2) is 5.02. The average Bonchev–Trinajstić information content (AvgIpc) is 2.48. The first-order valence-corrected chi connectivity index (χ1v) is 4.82. The fraction of sp³-hybridized carbons (Fsp3) is 0.700. The topological polar surface area (TPSA) is 49.3 Å². The van der Waals surface area contributed by atoms with E-state index >= 15 is 0 Å². The summed E-state index contributed by atoms with van der Waals surface area (Å²) in [5.41, 5.74) is 0. The van der Waals surface area contributed by atoms with Gasteiger partial charge in [-0.15, -0.1) is 0 Å². The lowest BCUT2D eigenvalue weighted by atomic mass is 10.1. The molecule has 0 aromatic heterocycles. The van der Waals surface area contributed by atoms with E-state index in [1.54, 1.807) is 6.08 Å². The molecule has 3 nitrogen and oxygen atoms in total. The van der Waals surface area contributed by atoms with Gasteiger partial charge in [0.1, 0.15) is 0 Å². The fourth-order valence-electron chi connectivity index (χ4n) is 1.70. The summed E-state index contributed by atoms with van der Waals surface area (Å²) in [4.78, 5) is 11.0. The van der Waals surface area contributed by atoms with Gasteiger partial charge in [0.25, 0.3) is 0 Å². The lowest BCUT2D eigenvalue weighted by Gasteiger charge is -2.13. The van der Waals surface area contributed by atoms with Crippen molar-refractivity contribution in [3.63, 3.8) is 0 Å². The van der Waals surface area contributed by atoms with Gasteiger partial charge in [0.2, 0.25) is 5.91 Å². The number of hydrogen-bond donors (Lipinski definition) is 2. The number of hydrogen-bond acceptors (Lipinski definition) is 2. The van der Waals surface area contributed by atoms with Gasteiger partial charge in [0.15, 0.2) is 0 Å².